The van der Waals surface area contributed by atoms with E-state index in [-0.39, 0.29) is 5.12 Å². The van der Waals surface area contributed by atoms with Crippen LogP contribution in [0, 0.1) is 6.92 Å². The largest absolute Gasteiger partial charge is 0.397 e. The Morgan fingerprint density at radius 1 is 1.41 bits per heavy atom. The van der Waals surface area contributed by atoms with Crippen LogP contribution in [0.3, 0.4) is 0 Å². The molecule has 0 unspecified atom stereocenters. The molecule has 17 heavy (non-hydrogen) atoms. The molecule has 0 radical (unpaired) electrons. The van der Waals surface area contributed by atoms with E-state index < -0.39 is 0 Å². The van der Waals surface area contributed by atoms with Gasteiger partial charge in [0.25, 0.3) is 0 Å². The molecule has 0 aliphatic carbocycles. The summed E-state index contributed by atoms with van der Waals surface area (Å²) in [4.78, 5) is 10.7. The van der Waals surface area contributed by atoms with Gasteiger partial charge in [-0.1, -0.05) is 23.9 Å². The minimum Gasteiger partial charge on any atom is -0.397 e. The van der Waals surface area contributed by atoms with Gasteiger partial charge in [-0.3, -0.25) is 4.79 Å². The van der Waals surface area contributed by atoms with Crippen LogP contribution in [0.2, 0.25) is 0 Å². The Morgan fingerprint density at radius 2 is 2.12 bits per heavy atom. The highest BCUT2D eigenvalue weighted by Crippen LogP contribution is 2.22. The summed E-state index contributed by atoms with van der Waals surface area (Å²) in [6.07, 6.45) is 4.91. The summed E-state index contributed by atoms with van der Waals surface area (Å²) >= 11 is 1.34. The number of hydrogen-bond acceptors (Lipinski definition) is 4. The first-order valence-electron chi connectivity index (χ1n) is 5.46. The molecule has 0 amide bonds. The molecule has 0 aliphatic heterocycles. The quantitative estimate of drug-likeness (QED) is 0.637. The van der Waals surface area contributed by atoms with E-state index in [1.54, 1.807) is 6.92 Å². The Kier molecular flexibility index (Phi) is 5.10. The van der Waals surface area contributed by atoms with Gasteiger partial charge in [0, 0.05) is 12.7 Å². The zero-order valence-corrected chi connectivity index (χ0v) is 11.0. The van der Waals surface area contributed by atoms with Gasteiger partial charge in [0.1, 0.15) is 0 Å². The Bertz CT molecular complexity index is 418. The molecule has 0 aromatic heterocycles. The van der Waals surface area contributed by atoms with Crippen molar-refractivity contribution in [1.82, 2.24) is 0 Å². The fourth-order valence-electron chi connectivity index (χ4n) is 1.44. The van der Waals surface area contributed by atoms with Crippen LogP contribution < -0.4 is 11.5 Å². The van der Waals surface area contributed by atoms with E-state index in [1.807, 2.05) is 31.2 Å². The third-order valence-electron chi connectivity index (χ3n) is 2.34. The number of hydrogen-bond donors (Lipinski definition) is 2. The fraction of sp³-hybridized carbons (Fsp3) is 0.308. The van der Waals surface area contributed by atoms with Crippen molar-refractivity contribution in [2.45, 2.75) is 20.3 Å². The maximum Gasteiger partial charge on any atom is 0.185 e. The molecule has 0 spiro atoms. The second-order valence-corrected chi connectivity index (χ2v) is 5.14. The molecule has 0 heterocycles. The van der Waals surface area contributed by atoms with E-state index >= 15 is 0 Å². The van der Waals surface area contributed by atoms with E-state index in [9.17, 15) is 4.79 Å². The highest BCUT2D eigenvalue weighted by atomic mass is 32.2. The summed E-state index contributed by atoms with van der Waals surface area (Å²) in [5.74, 6) is 0.815. The zero-order chi connectivity index (χ0) is 12.8. The molecular formula is C13H18N2OS. The first-order chi connectivity index (χ1) is 8.00. The van der Waals surface area contributed by atoms with Crippen molar-refractivity contribution >= 4 is 34.3 Å². The Hall–Kier alpha value is -1.42. The molecule has 3 nitrogen and oxygen atoms in total. The van der Waals surface area contributed by atoms with Crippen molar-refractivity contribution in [1.29, 1.82) is 0 Å². The second kappa shape index (κ2) is 6.35. The van der Waals surface area contributed by atoms with Crippen LogP contribution in [0.4, 0.5) is 11.4 Å². The predicted molar refractivity (Wildman–Crippen MR) is 76.8 cm³/mol. The Labute approximate surface area is 106 Å². The SMILES string of the molecule is CC(=O)SCCC=Cc1cc(C)c(N)c(N)c1. The van der Waals surface area contributed by atoms with Crippen LogP contribution in [0.25, 0.3) is 6.08 Å². The zero-order valence-electron chi connectivity index (χ0n) is 10.2. The van der Waals surface area contributed by atoms with E-state index in [0.29, 0.717) is 11.4 Å². The van der Waals surface area contributed by atoms with E-state index in [4.69, 9.17) is 11.5 Å². The lowest BCUT2D eigenvalue weighted by molar-refractivity contribution is -0.109. The number of anilines is 2. The Balaban J connectivity index is 2.57. The van der Waals surface area contributed by atoms with Gasteiger partial charge in [-0.05, 0) is 36.6 Å². The van der Waals surface area contributed by atoms with Crippen molar-refractivity contribution in [3.05, 3.63) is 29.3 Å². The first kappa shape index (κ1) is 13.6. The molecule has 92 valence electrons. The third kappa shape index (κ3) is 4.53. The number of carbonyl (C=O) groups excluding carboxylic acids is 1. The standard InChI is InChI=1S/C13H18N2OS/c1-9-7-11(8-12(14)13(9)15)5-3-4-6-17-10(2)16/h3,5,7-8H,4,6,14-15H2,1-2H3. The van der Waals surface area contributed by atoms with Gasteiger partial charge in [0.15, 0.2) is 5.12 Å². The number of aryl methyl sites for hydroxylation is 1. The summed E-state index contributed by atoms with van der Waals surface area (Å²) in [6.45, 7) is 3.52. The molecule has 0 fully saturated rings. The maximum atomic E-state index is 10.7. The number of nitrogens with two attached hydrogens (primary N) is 2. The first-order valence-corrected chi connectivity index (χ1v) is 6.44. The van der Waals surface area contributed by atoms with Crippen LogP contribution in [-0.2, 0) is 4.79 Å². The Morgan fingerprint density at radius 3 is 2.71 bits per heavy atom. The molecule has 4 N–H and O–H groups in total. The van der Waals surface area contributed by atoms with Crippen LogP contribution in [0.1, 0.15) is 24.5 Å². The van der Waals surface area contributed by atoms with E-state index in [1.165, 1.54) is 11.8 Å². The van der Waals surface area contributed by atoms with Crippen LogP contribution in [0.15, 0.2) is 18.2 Å². The molecule has 0 bridgehead atoms. The highest BCUT2D eigenvalue weighted by molar-refractivity contribution is 8.13. The second-order valence-electron chi connectivity index (χ2n) is 3.87. The van der Waals surface area contributed by atoms with E-state index in [2.05, 4.69) is 0 Å². The van der Waals surface area contributed by atoms with Gasteiger partial charge < -0.3 is 11.5 Å². The molecule has 0 saturated carbocycles. The van der Waals surface area contributed by atoms with Gasteiger partial charge in [-0.15, -0.1) is 0 Å². The lowest BCUT2D eigenvalue weighted by Gasteiger charge is -2.05. The molecule has 4 heteroatoms. The molecule has 0 saturated heterocycles. The van der Waals surface area contributed by atoms with Crippen molar-refractivity contribution < 1.29 is 4.79 Å². The average Bonchev–Trinajstić information content (AvgIpc) is 2.25. The van der Waals surface area contributed by atoms with Gasteiger partial charge in [-0.25, -0.2) is 0 Å². The summed E-state index contributed by atoms with van der Waals surface area (Å²) in [7, 11) is 0. The molecular weight excluding hydrogens is 232 g/mol. The van der Waals surface area contributed by atoms with Crippen molar-refractivity contribution in [3.8, 4) is 0 Å². The predicted octanol–water partition coefficient (Wildman–Crippen LogP) is 2.84. The van der Waals surface area contributed by atoms with Crippen molar-refractivity contribution in [2.24, 2.45) is 0 Å². The van der Waals surface area contributed by atoms with Gasteiger partial charge in [-0.2, -0.15) is 0 Å². The van der Waals surface area contributed by atoms with Crippen LogP contribution >= 0.6 is 11.8 Å². The normalized spacial score (nSPS) is 10.9. The molecule has 0 aliphatic rings. The monoisotopic (exact) mass is 250 g/mol. The lowest BCUT2D eigenvalue weighted by atomic mass is 10.1. The van der Waals surface area contributed by atoms with Gasteiger partial charge in [0.05, 0.1) is 11.4 Å². The van der Waals surface area contributed by atoms with Crippen LogP contribution in [0.5, 0.6) is 0 Å². The summed E-state index contributed by atoms with van der Waals surface area (Å²) in [5, 5.41) is 0.158. The number of allylic oxidation sites excluding steroid dienone is 1. The number of rotatable bonds is 4. The maximum absolute atomic E-state index is 10.7. The highest BCUT2D eigenvalue weighted by Gasteiger charge is 1.99. The lowest BCUT2D eigenvalue weighted by Crippen LogP contribution is -1.97. The summed E-state index contributed by atoms with van der Waals surface area (Å²) in [6, 6.07) is 3.86. The van der Waals surface area contributed by atoms with Crippen molar-refractivity contribution in [2.75, 3.05) is 17.2 Å². The summed E-state index contributed by atoms with van der Waals surface area (Å²) < 4.78 is 0. The molecule has 1 rings (SSSR count). The third-order valence-corrected chi connectivity index (χ3v) is 3.19. The topological polar surface area (TPSA) is 69.1 Å². The molecule has 1 aromatic rings. The van der Waals surface area contributed by atoms with Crippen LogP contribution in [-0.4, -0.2) is 10.9 Å². The van der Waals surface area contributed by atoms with E-state index in [0.717, 1.165) is 23.3 Å². The molecule has 0 atom stereocenters. The number of thioether (sulfide) groups is 1. The fourth-order valence-corrected chi connectivity index (χ4v) is 1.98. The number of benzene rings is 1. The van der Waals surface area contributed by atoms with Crippen molar-refractivity contribution in [3.63, 3.8) is 0 Å². The minimum atomic E-state index is 0.158. The smallest absolute Gasteiger partial charge is 0.185 e. The molecule has 1 aromatic carbocycles. The van der Waals surface area contributed by atoms with Gasteiger partial charge in [0.2, 0.25) is 0 Å². The number of nitrogen functional groups attached to an aromatic ring is 2. The summed E-state index contributed by atoms with van der Waals surface area (Å²) in [5.41, 5.74) is 14.8. The number of carbonyl (C=O) groups is 1. The van der Waals surface area contributed by atoms with Gasteiger partial charge >= 0.3 is 0 Å². The average molecular weight is 250 g/mol. The minimum absolute atomic E-state index is 0.158.